The summed E-state index contributed by atoms with van der Waals surface area (Å²) in [7, 11) is 1.66. The molecule has 1 heterocycles. The summed E-state index contributed by atoms with van der Waals surface area (Å²) in [6.07, 6.45) is 2.81. The van der Waals surface area contributed by atoms with E-state index >= 15 is 0 Å². The molecule has 3 aromatic rings. The van der Waals surface area contributed by atoms with Gasteiger partial charge in [-0.2, -0.15) is 0 Å². The van der Waals surface area contributed by atoms with E-state index in [2.05, 4.69) is 15.5 Å². The molecule has 4 rings (SSSR count). The minimum absolute atomic E-state index is 0.0597. The first-order valence-electron chi connectivity index (χ1n) is 12.2. The second-order valence-corrected chi connectivity index (χ2v) is 8.83. The normalized spacial score (nSPS) is 13.8. The largest absolute Gasteiger partial charge is 0.496 e. The number of rotatable bonds is 9. The van der Waals surface area contributed by atoms with E-state index in [1.165, 1.54) is 0 Å². The minimum atomic E-state index is -0.0752. The number of para-hydroxylation sites is 2. The van der Waals surface area contributed by atoms with Crippen LogP contribution in [0.5, 0.6) is 5.75 Å². The van der Waals surface area contributed by atoms with Crippen molar-refractivity contribution >= 4 is 17.5 Å². The summed E-state index contributed by atoms with van der Waals surface area (Å²) in [5.41, 5.74) is 3.71. The third kappa shape index (κ3) is 6.63. The summed E-state index contributed by atoms with van der Waals surface area (Å²) in [5, 5.41) is 6.23. The molecule has 3 aromatic carbocycles. The number of benzene rings is 3. The molecule has 1 aliphatic heterocycles. The molecule has 1 saturated heterocycles. The van der Waals surface area contributed by atoms with Crippen LogP contribution >= 0.6 is 0 Å². The van der Waals surface area contributed by atoms with Crippen LogP contribution in [0.2, 0.25) is 0 Å². The van der Waals surface area contributed by atoms with Crippen molar-refractivity contribution in [3.05, 3.63) is 95.6 Å². The summed E-state index contributed by atoms with van der Waals surface area (Å²) in [4.78, 5) is 27.7. The third-order valence-electron chi connectivity index (χ3n) is 6.43. The second-order valence-electron chi connectivity index (χ2n) is 8.83. The molecule has 1 fully saturated rings. The number of ether oxygens (including phenoxy) is 1. The highest BCUT2D eigenvalue weighted by Crippen LogP contribution is 2.24. The SMILES string of the molecule is COc1ccccc1CCNC(=O)c1ccccc1N1CCC(NC(=O)Cc2ccccc2)CC1. The topological polar surface area (TPSA) is 70.7 Å². The lowest BCUT2D eigenvalue weighted by Crippen LogP contribution is -2.45. The van der Waals surface area contributed by atoms with Gasteiger partial charge in [-0.05, 0) is 48.6 Å². The lowest BCUT2D eigenvalue weighted by atomic mass is 10.0. The van der Waals surface area contributed by atoms with Gasteiger partial charge in [-0.25, -0.2) is 0 Å². The Kier molecular flexibility index (Phi) is 8.39. The molecule has 2 amide bonds. The molecule has 6 nitrogen and oxygen atoms in total. The Balaban J connectivity index is 1.29. The number of hydrogen-bond donors (Lipinski definition) is 2. The Hall–Kier alpha value is -3.80. The molecule has 182 valence electrons. The van der Waals surface area contributed by atoms with Crippen LogP contribution in [0.1, 0.15) is 34.3 Å². The standard InChI is InChI=1S/C29H33N3O3/c1-35-27-14-8-5-11-23(27)15-18-30-29(34)25-12-6-7-13-26(25)32-19-16-24(17-20-32)31-28(33)21-22-9-3-2-4-10-22/h2-14,24H,15-21H2,1H3,(H,30,34)(H,31,33). The number of hydrogen-bond acceptors (Lipinski definition) is 4. The first-order valence-corrected chi connectivity index (χ1v) is 12.2. The predicted molar refractivity (Wildman–Crippen MR) is 139 cm³/mol. The van der Waals surface area contributed by atoms with Crippen LogP contribution < -0.4 is 20.3 Å². The highest BCUT2D eigenvalue weighted by atomic mass is 16.5. The molecule has 0 unspecified atom stereocenters. The fourth-order valence-corrected chi connectivity index (χ4v) is 4.58. The molecule has 1 aliphatic rings. The Morgan fingerprint density at radius 2 is 1.60 bits per heavy atom. The van der Waals surface area contributed by atoms with Gasteiger partial charge in [-0.1, -0.05) is 60.7 Å². The first-order chi connectivity index (χ1) is 17.1. The zero-order chi connectivity index (χ0) is 24.5. The smallest absolute Gasteiger partial charge is 0.253 e. The number of amides is 2. The van der Waals surface area contributed by atoms with E-state index < -0.39 is 0 Å². The van der Waals surface area contributed by atoms with E-state index in [9.17, 15) is 9.59 Å². The molecule has 0 bridgehead atoms. The fourth-order valence-electron chi connectivity index (χ4n) is 4.58. The quantitative estimate of drug-likeness (QED) is 0.495. The van der Waals surface area contributed by atoms with Crippen LogP contribution in [0.25, 0.3) is 0 Å². The summed E-state index contributed by atoms with van der Waals surface area (Å²) >= 11 is 0. The van der Waals surface area contributed by atoms with Crippen molar-refractivity contribution in [2.45, 2.75) is 31.7 Å². The van der Waals surface area contributed by atoms with Gasteiger partial charge >= 0.3 is 0 Å². The van der Waals surface area contributed by atoms with Crippen LogP contribution in [0.3, 0.4) is 0 Å². The van der Waals surface area contributed by atoms with E-state index in [4.69, 9.17) is 4.74 Å². The fraction of sp³-hybridized carbons (Fsp3) is 0.310. The number of methoxy groups -OCH3 is 1. The van der Waals surface area contributed by atoms with Crippen LogP contribution in [-0.2, 0) is 17.6 Å². The molecule has 0 atom stereocenters. The minimum Gasteiger partial charge on any atom is -0.496 e. The Morgan fingerprint density at radius 3 is 2.37 bits per heavy atom. The average Bonchev–Trinajstić information content (AvgIpc) is 2.90. The first kappa shape index (κ1) is 24.3. The third-order valence-corrected chi connectivity index (χ3v) is 6.43. The molecule has 0 aromatic heterocycles. The van der Waals surface area contributed by atoms with Crippen molar-refractivity contribution in [1.29, 1.82) is 0 Å². The maximum Gasteiger partial charge on any atom is 0.253 e. The van der Waals surface area contributed by atoms with Crippen LogP contribution in [-0.4, -0.2) is 44.6 Å². The lowest BCUT2D eigenvalue weighted by Gasteiger charge is -2.35. The maximum atomic E-state index is 13.0. The Morgan fingerprint density at radius 1 is 0.914 bits per heavy atom. The van der Waals surface area contributed by atoms with Crippen LogP contribution in [0.15, 0.2) is 78.9 Å². The van der Waals surface area contributed by atoms with E-state index in [1.807, 2.05) is 78.9 Å². The summed E-state index contributed by atoms with van der Waals surface area (Å²) in [5.74, 6) is 0.819. The molecule has 2 N–H and O–H groups in total. The molecule has 0 saturated carbocycles. The molecule has 6 heteroatoms. The van der Waals surface area contributed by atoms with Gasteiger partial charge in [0.05, 0.1) is 19.1 Å². The molecule has 0 aliphatic carbocycles. The summed E-state index contributed by atoms with van der Waals surface area (Å²) < 4.78 is 5.40. The van der Waals surface area contributed by atoms with E-state index in [1.54, 1.807) is 7.11 Å². The predicted octanol–water partition coefficient (Wildman–Crippen LogP) is 4.00. The summed E-state index contributed by atoms with van der Waals surface area (Å²) in [6, 6.07) is 25.6. The van der Waals surface area contributed by atoms with Crippen LogP contribution in [0.4, 0.5) is 5.69 Å². The van der Waals surface area contributed by atoms with Crippen molar-refractivity contribution < 1.29 is 14.3 Å². The number of anilines is 1. The van der Waals surface area contributed by atoms with Crippen molar-refractivity contribution in [1.82, 2.24) is 10.6 Å². The number of piperidine rings is 1. The maximum absolute atomic E-state index is 13.0. The number of nitrogens with one attached hydrogen (secondary N) is 2. The zero-order valence-electron chi connectivity index (χ0n) is 20.2. The van der Waals surface area contributed by atoms with Gasteiger partial charge in [0.1, 0.15) is 5.75 Å². The van der Waals surface area contributed by atoms with Crippen molar-refractivity contribution in [3.8, 4) is 5.75 Å². The number of carbonyl (C=O) groups is 2. The second kappa shape index (κ2) is 12.1. The van der Waals surface area contributed by atoms with Gasteiger partial charge < -0.3 is 20.3 Å². The monoisotopic (exact) mass is 471 g/mol. The number of carbonyl (C=O) groups excluding carboxylic acids is 2. The summed E-state index contributed by atoms with van der Waals surface area (Å²) in [6.45, 7) is 2.12. The zero-order valence-corrected chi connectivity index (χ0v) is 20.2. The highest BCUT2D eigenvalue weighted by Gasteiger charge is 2.23. The van der Waals surface area contributed by atoms with Crippen molar-refractivity contribution in [3.63, 3.8) is 0 Å². The average molecular weight is 472 g/mol. The van der Waals surface area contributed by atoms with Crippen LogP contribution in [0, 0.1) is 0 Å². The van der Waals surface area contributed by atoms with Gasteiger partial charge in [0.25, 0.3) is 5.91 Å². The Bertz CT molecular complexity index is 1120. The molecule has 0 spiro atoms. The van der Waals surface area contributed by atoms with Gasteiger partial charge in [-0.15, -0.1) is 0 Å². The molecule has 35 heavy (non-hydrogen) atoms. The van der Waals surface area contributed by atoms with Gasteiger partial charge in [-0.3, -0.25) is 9.59 Å². The van der Waals surface area contributed by atoms with E-state index in [0.717, 1.165) is 48.5 Å². The molecular weight excluding hydrogens is 438 g/mol. The molecule has 0 radical (unpaired) electrons. The highest BCUT2D eigenvalue weighted by molar-refractivity contribution is 5.99. The lowest BCUT2D eigenvalue weighted by molar-refractivity contribution is -0.121. The van der Waals surface area contributed by atoms with Gasteiger partial charge in [0.2, 0.25) is 5.91 Å². The molecular formula is C29H33N3O3. The van der Waals surface area contributed by atoms with Crippen molar-refractivity contribution in [2.75, 3.05) is 31.6 Å². The Labute approximate surface area is 207 Å². The van der Waals surface area contributed by atoms with Crippen molar-refractivity contribution in [2.24, 2.45) is 0 Å². The van der Waals surface area contributed by atoms with E-state index in [-0.39, 0.29) is 17.9 Å². The number of nitrogens with zero attached hydrogens (tertiary/aromatic N) is 1. The van der Waals surface area contributed by atoms with E-state index in [0.29, 0.717) is 24.9 Å². The van der Waals surface area contributed by atoms with Gasteiger partial charge in [0.15, 0.2) is 0 Å². The van der Waals surface area contributed by atoms with Gasteiger partial charge in [0, 0.05) is 31.4 Å².